The van der Waals surface area contributed by atoms with Crippen LogP contribution in [0.5, 0.6) is 0 Å². The predicted molar refractivity (Wildman–Crippen MR) is 88.2 cm³/mol. The lowest BCUT2D eigenvalue weighted by atomic mass is 9.68. The molecule has 0 aromatic heterocycles. The van der Waals surface area contributed by atoms with E-state index in [1.54, 1.807) is 0 Å². The lowest BCUT2D eigenvalue weighted by Gasteiger charge is -2.42. The van der Waals surface area contributed by atoms with E-state index >= 15 is 0 Å². The lowest BCUT2D eigenvalue weighted by Crippen LogP contribution is -2.52. The van der Waals surface area contributed by atoms with Crippen LogP contribution in [0.2, 0.25) is 0 Å². The number of fused-ring (bicyclic) bond motifs is 2. The molecule has 3 atom stereocenters. The molecule has 3 saturated carbocycles. The molecule has 3 unspecified atom stereocenters. The second-order valence-corrected chi connectivity index (χ2v) is 8.39. The van der Waals surface area contributed by atoms with Crippen LogP contribution >= 0.6 is 0 Å². The zero-order valence-electron chi connectivity index (χ0n) is 14.5. The number of Topliss-reactive ketones (excluding diaryl/α,β-unsaturated/α-hetero) is 1. The van der Waals surface area contributed by atoms with E-state index in [2.05, 4.69) is 31.2 Å². The van der Waals surface area contributed by atoms with Crippen LogP contribution in [0.15, 0.2) is 5.16 Å². The summed E-state index contributed by atoms with van der Waals surface area (Å²) in [4.78, 5) is 29.1. The smallest absolute Gasteiger partial charge is 0.316 e. The highest BCUT2D eigenvalue weighted by Gasteiger charge is 2.59. The van der Waals surface area contributed by atoms with E-state index in [4.69, 9.17) is 4.84 Å². The Morgan fingerprint density at radius 1 is 1.22 bits per heavy atom. The quantitative estimate of drug-likeness (QED) is 0.478. The van der Waals surface area contributed by atoms with E-state index in [1.165, 1.54) is 6.42 Å². The number of nitrogens with zero attached hydrogens (tertiary/aromatic N) is 1. The van der Waals surface area contributed by atoms with Crippen LogP contribution in [-0.4, -0.2) is 23.6 Å². The van der Waals surface area contributed by atoms with Crippen molar-refractivity contribution in [1.29, 1.82) is 0 Å². The van der Waals surface area contributed by atoms with Gasteiger partial charge >= 0.3 is 6.09 Å². The number of oxime groups is 1. The Kier molecular flexibility index (Phi) is 4.23. The maximum absolute atomic E-state index is 12.2. The Morgan fingerprint density at radius 3 is 2.65 bits per heavy atom. The molecule has 2 bridgehead atoms. The van der Waals surface area contributed by atoms with Crippen molar-refractivity contribution in [3.8, 4) is 0 Å². The van der Waals surface area contributed by atoms with E-state index in [0.717, 1.165) is 32.1 Å². The highest BCUT2D eigenvalue weighted by molar-refractivity contribution is 6.39. The monoisotopic (exact) mass is 320 g/mol. The van der Waals surface area contributed by atoms with Crippen molar-refractivity contribution in [2.24, 2.45) is 21.9 Å². The van der Waals surface area contributed by atoms with Crippen LogP contribution in [0.1, 0.15) is 72.1 Å². The molecule has 0 radical (unpaired) electrons. The summed E-state index contributed by atoms with van der Waals surface area (Å²) in [6.45, 7) is 6.72. The molecule has 128 valence electrons. The molecule has 1 amide bonds. The predicted octanol–water partition coefficient (Wildman–Crippen LogP) is 3.82. The first kappa shape index (κ1) is 16.5. The van der Waals surface area contributed by atoms with Gasteiger partial charge in [0.2, 0.25) is 0 Å². The van der Waals surface area contributed by atoms with E-state index in [-0.39, 0.29) is 22.7 Å². The van der Waals surface area contributed by atoms with Crippen molar-refractivity contribution in [2.75, 3.05) is 0 Å². The minimum Gasteiger partial charge on any atom is -0.316 e. The SMILES string of the molecule is CC12CCC(C1)C(C)(C)C2NC(=O)ON=C1CCCCCC1=O. The number of ketones is 1. The van der Waals surface area contributed by atoms with Crippen molar-refractivity contribution >= 4 is 17.6 Å². The van der Waals surface area contributed by atoms with Crippen molar-refractivity contribution in [3.63, 3.8) is 0 Å². The molecule has 3 fully saturated rings. The van der Waals surface area contributed by atoms with Gasteiger partial charge in [0, 0.05) is 12.5 Å². The van der Waals surface area contributed by atoms with Crippen molar-refractivity contribution in [3.05, 3.63) is 0 Å². The first-order valence-corrected chi connectivity index (χ1v) is 8.90. The molecule has 5 nitrogen and oxygen atoms in total. The molecule has 0 aromatic rings. The van der Waals surface area contributed by atoms with Crippen molar-refractivity contribution in [1.82, 2.24) is 5.32 Å². The number of carbonyl (C=O) groups is 2. The third-order valence-corrected chi connectivity index (χ3v) is 6.41. The average Bonchev–Trinajstić information content (AvgIpc) is 2.87. The van der Waals surface area contributed by atoms with Crippen LogP contribution < -0.4 is 5.32 Å². The molecular weight excluding hydrogens is 292 g/mol. The molecule has 0 heterocycles. The van der Waals surface area contributed by atoms with Crippen molar-refractivity contribution < 1.29 is 14.4 Å². The van der Waals surface area contributed by atoms with Gasteiger partial charge < -0.3 is 5.32 Å². The van der Waals surface area contributed by atoms with Crippen LogP contribution in [0.25, 0.3) is 0 Å². The fraction of sp³-hybridized carbons (Fsp3) is 0.833. The molecule has 0 aromatic carbocycles. The standard InChI is InChI=1S/C18H28N2O3/c1-17(2)12-9-10-18(3,11-12)15(17)19-16(22)23-20-13-7-5-4-6-8-14(13)21/h12,15H,4-11H2,1-3H3,(H,19,22). The highest BCUT2D eigenvalue weighted by atomic mass is 16.7. The fourth-order valence-corrected chi connectivity index (χ4v) is 5.04. The van der Waals surface area contributed by atoms with E-state index in [0.29, 0.717) is 24.5 Å². The Balaban J connectivity index is 1.62. The lowest BCUT2D eigenvalue weighted by molar-refractivity contribution is -0.113. The normalized spacial score (nSPS) is 37.7. The van der Waals surface area contributed by atoms with Crippen LogP contribution in [0.4, 0.5) is 4.79 Å². The van der Waals surface area contributed by atoms with Gasteiger partial charge in [0.15, 0.2) is 5.78 Å². The summed E-state index contributed by atoms with van der Waals surface area (Å²) in [5.74, 6) is 0.676. The molecular formula is C18H28N2O3. The number of carbonyl (C=O) groups excluding carboxylic acids is 2. The fourth-order valence-electron chi connectivity index (χ4n) is 5.04. The van der Waals surface area contributed by atoms with Gasteiger partial charge in [-0.25, -0.2) is 4.79 Å². The molecule has 3 aliphatic rings. The molecule has 3 rings (SSSR count). The Hall–Kier alpha value is -1.39. The van der Waals surface area contributed by atoms with E-state index in [1.807, 2.05) is 0 Å². The summed E-state index contributed by atoms with van der Waals surface area (Å²) in [7, 11) is 0. The van der Waals surface area contributed by atoms with Crippen LogP contribution in [0, 0.1) is 16.7 Å². The summed E-state index contributed by atoms with van der Waals surface area (Å²) in [5.41, 5.74) is 0.645. The minimum absolute atomic E-state index is 0.0162. The van der Waals surface area contributed by atoms with Gasteiger partial charge in [-0.15, -0.1) is 0 Å². The Labute approximate surface area is 138 Å². The van der Waals surface area contributed by atoms with Gasteiger partial charge in [0.1, 0.15) is 5.71 Å². The summed E-state index contributed by atoms with van der Waals surface area (Å²) >= 11 is 0. The number of hydrogen-bond acceptors (Lipinski definition) is 4. The van der Waals surface area contributed by atoms with Crippen molar-refractivity contribution in [2.45, 2.75) is 78.2 Å². The molecule has 0 aliphatic heterocycles. The average molecular weight is 320 g/mol. The first-order chi connectivity index (χ1) is 10.8. The topological polar surface area (TPSA) is 67.8 Å². The maximum atomic E-state index is 12.2. The van der Waals surface area contributed by atoms with Crippen LogP contribution in [-0.2, 0) is 9.63 Å². The number of hydrogen-bond donors (Lipinski definition) is 1. The Morgan fingerprint density at radius 2 is 1.96 bits per heavy atom. The largest absolute Gasteiger partial charge is 0.433 e. The van der Waals surface area contributed by atoms with Crippen LogP contribution in [0.3, 0.4) is 0 Å². The second kappa shape index (κ2) is 5.91. The maximum Gasteiger partial charge on any atom is 0.433 e. The van der Waals surface area contributed by atoms with Gasteiger partial charge in [-0.3, -0.25) is 9.63 Å². The van der Waals surface area contributed by atoms with Gasteiger partial charge in [0.25, 0.3) is 0 Å². The third-order valence-electron chi connectivity index (χ3n) is 6.41. The second-order valence-electron chi connectivity index (χ2n) is 8.39. The first-order valence-electron chi connectivity index (χ1n) is 8.90. The molecule has 23 heavy (non-hydrogen) atoms. The molecule has 3 aliphatic carbocycles. The summed E-state index contributed by atoms with van der Waals surface area (Å²) in [6, 6.07) is 0.103. The minimum atomic E-state index is -0.526. The third kappa shape index (κ3) is 3.02. The Bertz CT molecular complexity index is 536. The zero-order chi connectivity index (χ0) is 16.7. The van der Waals surface area contributed by atoms with Gasteiger partial charge in [-0.1, -0.05) is 32.3 Å². The van der Waals surface area contributed by atoms with Gasteiger partial charge in [-0.05, 0) is 55.3 Å². The molecule has 0 saturated heterocycles. The number of nitrogens with one attached hydrogen (secondary N) is 1. The summed E-state index contributed by atoms with van der Waals surface area (Å²) in [6.07, 6.45) is 7.03. The van der Waals surface area contributed by atoms with E-state index in [9.17, 15) is 9.59 Å². The highest BCUT2D eigenvalue weighted by Crippen LogP contribution is 2.62. The molecule has 1 N–H and O–H groups in total. The molecule has 5 heteroatoms. The summed E-state index contributed by atoms with van der Waals surface area (Å²) in [5, 5.41) is 6.89. The van der Waals surface area contributed by atoms with E-state index < -0.39 is 6.09 Å². The van der Waals surface area contributed by atoms with Gasteiger partial charge in [-0.2, -0.15) is 0 Å². The summed E-state index contributed by atoms with van der Waals surface area (Å²) < 4.78 is 0. The zero-order valence-corrected chi connectivity index (χ0v) is 14.5. The van der Waals surface area contributed by atoms with Gasteiger partial charge in [0.05, 0.1) is 0 Å². The number of rotatable bonds is 2. The number of amides is 1. The molecule has 0 spiro atoms.